The Labute approximate surface area is 98.9 Å². The molecule has 0 unspecified atom stereocenters. The highest BCUT2D eigenvalue weighted by Crippen LogP contribution is 2.14. The highest BCUT2D eigenvalue weighted by atomic mass is 16.6. The van der Waals surface area contributed by atoms with Gasteiger partial charge in [0, 0.05) is 12.1 Å². The van der Waals surface area contributed by atoms with Crippen molar-refractivity contribution in [1.29, 1.82) is 0 Å². The van der Waals surface area contributed by atoms with Crippen LogP contribution in [0.25, 0.3) is 6.08 Å². The lowest BCUT2D eigenvalue weighted by molar-refractivity contribution is -0.384. The second-order valence-corrected chi connectivity index (χ2v) is 3.26. The molecular formula is C12H13NO4. The van der Waals surface area contributed by atoms with E-state index in [1.54, 1.807) is 31.2 Å². The van der Waals surface area contributed by atoms with Crippen LogP contribution in [0.2, 0.25) is 0 Å². The third kappa shape index (κ3) is 4.46. The normalized spacial score (nSPS) is 10.4. The molecule has 90 valence electrons. The molecule has 0 amide bonds. The largest absolute Gasteiger partial charge is 0.466 e. The molecular weight excluding hydrogens is 222 g/mol. The first kappa shape index (κ1) is 12.9. The van der Waals surface area contributed by atoms with E-state index in [0.717, 1.165) is 0 Å². The fraction of sp³-hybridized carbons (Fsp3) is 0.250. The number of carbonyl (C=O) groups is 1. The van der Waals surface area contributed by atoms with Crippen molar-refractivity contribution in [1.82, 2.24) is 0 Å². The van der Waals surface area contributed by atoms with E-state index in [0.29, 0.717) is 12.2 Å². The first-order chi connectivity index (χ1) is 8.13. The zero-order chi connectivity index (χ0) is 12.7. The topological polar surface area (TPSA) is 69.4 Å². The minimum atomic E-state index is -0.456. The van der Waals surface area contributed by atoms with E-state index in [1.807, 2.05) is 0 Å². The standard InChI is InChI=1S/C12H13NO4/c1-2-17-12(14)8-4-6-10-5-3-7-11(9-10)13(15)16/h3-7,9H,2,8H2,1H3. The van der Waals surface area contributed by atoms with Crippen molar-refractivity contribution in [3.05, 3.63) is 46.0 Å². The van der Waals surface area contributed by atoms with Gasteiger partial charge in [-0.25, -0.2) is 0 Å². The third-order valence-electron chi connectivity index (χ3n) is 1.98. The number of nitro groups is 1. The van der Waals surface area contributed by atoms with Gasteiger partial charge in [0.05, 0.1) is 18.0 Å². The molecule has 1 aromatic carbocycles. The molecule has 5 heteroatoms. The molecule has 0 aromatic heterocycles. The van der Waals surface area contributed by atoms with Crippen LogP contribution >= 0.6 is 0 Å². The number of benzene rings is 1. The summed E-state index contributed by atoms with van der Waals surface area (Å²) in [7, 11) is 0. The van der Waals surface area contributed by atoms with Gasteiger partial charge in [0.25, 0.3) is 5.69 Å². The lowest BCUT2D eigenvalue weighted by Crippen LogP contribution is -2.01. The smallest absolute Gasteiger partial charge is 0.309 e. The molecule has 1 rings (SSSR count). The van der Waals surface area contributed by atoms with Gasteiger partial charge >= 0.3 is 5.97 Å². The maximum absolute atomic E-state index is 11.0. The number of ether oxygens (including phenoxy) is 1. The van der Waals surface area contributed by atoms with E-state index in [4.69, 9.17) is 4.74 Å². The van der Waals surface area contributed by atoms with Crippen molar-refractivity contribution < 1.29 is 14.5 Å². The molecule has 0 aliphatic heterocycles. The number of nitro benzene ring substituents is 1. The van der Waals surface area contributed by atoms with Crippen molar-refractivity contribution in [2.45, 2.75) is 13.3 Å². The van der Waals surface area contributed by atoms with Crippen LogP contribution in [0.5, 0.6) is 0 Å². The Morgan fingerprint density at radius 1 is 1.53 bits per heavy atom. The van der Waals surface area contributed by atoms with Crippen molar-refractivity contribution in [3.8, 4) is 0 Å². The van der Waals surface area contributed by atoms with Gasteiger partial charge in [-0.1, -0.05) is 24.3 Å². The Morgan fingerprint density at radius 2 is 2.29 bits per heavy atom. The molecule has 0 atom stereocenters. The minimum Gasteiger partial charge on any atom is -0.466 e. The lowest BCUT2D eigenvalue weighted by Gasteiger charge is -1.97. The molecule has 0 bridgehead atoms. The van der Waals surface area contributed by atoms with Crippen LogP contribution in [0.4, 0.5) is 5.69 Å². The van der Waals surface area contributed by atoms with Crippen LogP contribution in [0, 0.1) is 10.1 Å². The van der Waals surface area contributed by atoms with Crippen LogP contribution in [-0.2, 0) is 9.53 Å². The fourth-order valence-electron chi connectivity index (χ4n) is 1.25. The number of hydrogen-bond donors (Lipinski definition) is 0. The molecule has 0 aliphatic carbocycles. The SMILES string of the molecule is CCOC(=O)CC=Cc1cccc([N+](=O)[O-])c1. The summed E-state index contributed by atoms with van der Waals surface area (Å²) in [6.07, 6.45) is 3.44. The number of carbonyl (C=O) groups excluding carboxylic acids is 1. The van der Waals surface area contributed by atoms with E-state index < -0.39 is 4.92 Å². The zero-order valence-electron chi connectivity index (χ0n) is 9.46. The molecule has 0 aliphatic rings. The van der Waals surface area contributed by atoms with E-state index in [2.05, 4.69) is 0 Å². The number of non-ortho nitro benzene ring substituents is 1. The molecule has 1 aromatic rings. The molecule has 0 saturated heterocycles. The Kier molecular flexibility index (Phi) is 4.87. The van der Waals surface area contributed by atoms with Gasteiger partial charge in [0.15, 0.2) is 0 Å². The van der Waals surface area contributed by atoms with Crippen molar-refractivity contribution in [2.75, 3.05) is 6.61 Å². The lowest BCUT2D eigenvalue weighted by atomic mass is 10.2. The molecule has 0 radical (unpaired) electrons. The van der Waals surface area contributed by atoms with E-state index in [9.17, 15) is 14.9 Å². The predicted octanol–water partition coefficient (Wildman–Crippen LogP) is 2.56. The summed E-state index contributed by atoms with van der Waals surface area (Å²) in [6, 6.07) is 6.20. The number of esters is 1. The monoisotopic (exact) mass is 235 g/mol. The highest BCUT2D eigenvalue weighted by Gasteiger charge is 2.03. The highest BCUT2D eigenvalue weighted by molar-refractivity contribution is 5.72. The Morgan fingerprint density at radius 3 is 2.94 bits per heavy atom. The summed E-state index contributed by atoms with van der Waals surface area (Å²) < 4.78 is 4.74. The zero-order valence-corrected chi connectivity index (χ0v) is 9.46. The molecule has 0 saturated carbocycles. The van der Waals surface area contributed by atoms with E-state index >= 15 is 0 Å². The summed E-state index contributed by atoms with van der Waals surface area (Å²) in [5.74, 6) is -0.311. The first-order valence-electron chi connectivity index (χ1n) is 5.20. The second kappa shape index (κ2) is 6.42. The maximum Gasteiger partial charge on any atom is 0.309 e. The van der Waals surface area contributed by atoms with Gasteiger partial charge in [-0.05, 0) is 12.5 Å². The van der Waals surface area contributed by atoms with Gasteiger partial charge in [0.1, 0.15) is 0 Å². The first-order valence-corrected chi connectivity index (χ1v) is 5.20. The molecule has 5 nitrogen and oxygen atoms in total. The van der Waals surface area contributed by atoms with Gasteiger partial charge < -0.3 is 4.74 Å². The summed E-state index contributed by atoms with van der Waals surface area (Å²) in [5.41, 5.74) is 0.715. The van der Waals surface area contributed by atoms with Gasteiger partial charge in [0.2, 0.25) is 0 Å². The third-order valence-corrected chi connectivity index (χ3v) is 1.98. The average molecular weight is 235 g/mol. The number of hydrogen-bond acceptors (Lipinski definition) is 4. The van der Waals surface area contributed by atoms with Crippen LogP contribution in [0.1, 0.15) is 18.9 Å². The molecule has 0 spiro atoms. The van der Waals surface area contributed by atoms with Gasteiger partial charge in [-0.3, -0.25) is 14.9 Å². The number of rotatable bonds is 5. The van der Waals surface area contributed by atoms with Crippen molar-refractivity contribution >= 4 is 17.7 Å². The van der Waals surface area contributed by atoms with Crippen LogP contribution in [-0.4, -0.2) is 17.5 Å². The van der Waals surface area contributed by atoms with Crippen LogP contribution < -0.4 is 0 Å². The van der Waals surface area contributed by atoms with E-state index in [-0.39, 0.29) is 18.1 Å². The number of nitrogens with zero attached hydrogens (tertiary/aromatic N) is 1. The summed E-state index contributed by atoms with van der Waals surface area (Å²) >= 11 is 0. The molecule has 0 fully saturated rings. The summed E-state index contributed by atoms with van der Waals surface area (Å²) in [6.45, 7) is 2.09. The summed E-state index contributed by atoms with van der Waals surface area (Å²) in [5, 5.41) is 10.5. The molecule has 17 heavy (non-hydrogen) atoms. The molecule has 0 N–H and O–H groups in total. The predicted molar refractivity (Wildman–Crippen MR) is 63.4 cm³/mol. The minimum absolute atomic E-state index is 0.0308. The van der Waals surface area contributed by atoms with Crippen LogP contribution in [0.15, 0.2) is 30.3 Å². The molecule has 0 heterocycles. The quantitative estimate of drug-likeness (QED) is 0.446. The average Bonchev–Trinajstić information content (AvgIpc) is 2.30. The van der Waals surface area contributed by atoms with E-state index in [1.165, 1.54) is 12.1 Å². The van der Waals surface area contributed by atoms with Crippen LogP contribution in [0.3, 0.4) is 0 Å². The Hall–Kier alpha value is -2.17. The Balaban J connectivity index is 2.62. The summed E-state index contributed by atoms with van der Waals surface area (Å²) in [4.78, 5) is 21.1. The second-order valence-electron chi connectivity index (χ2n) is 3.26. The maximum atomic E-state index is 11.0. The van der Waals surface area contributed by atoms with Gasteiger partial charge in [-0.2, -0.15) is 0 Å². The van der Waals surface area contributed by atoms with Crippen molar-refractivity contribution in [3.63, 3.8) is 0 Å². The van der Waals surface area contributed by atoms with Crippen molar-refractivity contribution in [2.24, 2.45) is 0 Å². The fourth-order valence-corrected chi connectivity index (χ4v) is 1.25. The van der Waals surface area contributed by atoms with Gasteiger partial charge in [-0.15, -0.1) is 0 Å². The Bertz CT molecular complexity index is 440.